The molecule has 5 heteroatoms. The normalized spacial score (nSPS) is 10.8. The number of nitrogens with one attached hydrogen (secondary N) is 1. The first kappa shape index (κ1) is 16.0. The van der Waals surface area contributed by atoms with Gasteiger partial charge in [-0.2, -0.15) is 5.10 Å². The zero-order valence-electron chi connectivity index (χ0n) is 14.6. The number of hydrogen-bond acceptors (Lipinski definition) is 3. The minimum absolute atomic E-state index is 0.239. The fraction of sp³-hybridized carbons (Fsp3) is 0.0952. The average molecular weight is 342 g/mol. The monoisotopic (exact) mass is 342 g/mol. The van der Waals surface area contributed by atoms with E-state index in [1.165, 1.54) is 0 Å². The molecule has 0 aliphatic heterocycles. The lowest BCUT2D eigenvalue weighted by atomic mass is 10.1. The van der Waals surface area contributed by atoms with Crippen LogP contribution in [-0.4, -0.2) is 20.7 Å². The van der Waals surface area contributed by atoms with Gasteiger partial charge in [0, 0.05) is 17.3 Å². The van der Waals surface area contributed by atoms with E-state index in [0.717, 1.165) is 33.5 Å². The quantitative estimate of drug-likeness (QED) is 0.604. The Hall–Kier alpha value is -3.47. The zero-order chi connectivity index (χ0) is 18.1. The van der Waals surface area contributed by atoms with Crippen molar-refractivity contribution in [3.05, 3.63) is 83.8 Å². The number of para-hydroxylation sites is 1. The SMILES string of the molecule is Cc1ccc(NC(=O)c2cc(C)n(-c3ccccc3)n2)c2cccnc12. The van der Waals surface area contributed by atoms with E-state index in [-0.39, 0.29) is 5.91 Å². The van der Waals surface area contributed by atoms with Crippen molar-refractivity contribution >= 4 is 22.5 Å². The van der Waals surface area contributed by atoms with Gasteiger partial charge in [0.2, 0.25) is 0 Å². The molecule has 0 aliphatic carbocycles. The maximum absolute atomic E-state index is 12.7. The van der Waals surface area contributed by atoms with Gasteiger partial charge in [0.05, 0.1) is 16.9 Å². The van der Waals surface area contributed by atoms with Crippen LogP contribution in [0.2, 0.25) is 0 Å². The van der Waals surface area contributed by atoms with Gasteiger partial charge in [-0.25, -0.2) is 4.68 Å². The van der Waals surface area contributed by atoms with Crippen molar-refractivity contribution in [3.63, 3.8) is 0 Å². The second-order valence-corrected chi connectivity index (χ2v) is 6.20. The van der Waals surface area contributed by atoms with Crippen LogP contribution < -0.4 is 5.32 Å². The lowest BCUT2D eigenvalue weighted by Crippen LogP contribution is -2.13. The molecule has 0 spiro atoms. The topological polar surface area (TPSA) is 59.8 Å². The molecule has 0 saturated carbocycles. The molecule has 0 saturated heterocycles. The molecule has 1 N–H and O–H groups in total. The largest absolute Gasteiger partial charge is 0.320 e. The number of benzene rings is 2. The number of fused-ring (bicyclic) bond motifs is 1. The van der Waals surface area contributed by atoms with E-state index in [2.05, 4.69) is 15.4 Å². The summed E-state index contributed by atoms with van der Waals surface area (Å²) in [5.74, 6) is -0.239. The molecule has 0 unspecified atom stereocenters. The Morgan fingerprint density at radius 1 is 1.00 bits per heavy atom. The summed E-state index contributed by atoms with van der Waals surface area (Å²) in [5, 5.41) is 8.35. The molecule has 0 radical (unpaired) electrons. The number of aryl methyl sites for hydroxylation is 2. The molecular weight excluding hydrogens is 324 g/mol. The minimum atomic E-state index is -0.239. The highest BCUT2D eigenvalue weighted by molar-refractivity contribution is 6.08. The van der Waals surface area contributed by atoms with Crippen LogP contribution in [0.1, 0.15) is 21.7 Å². The highest BCUT2D eigenvalue weighted by Crippen LogP contribution is 2.25. The molecule has 2 heterocycles. The van der Waals surface area contributed by atoms with Gasteiger partial charge in [-0.05, 0) is 55.8 Å². The van der Waals surface area contributed by atoms with E-state index < -0.39 is 0 Å². The van der Waals surface area contributed by atoms with Gasteiger partial charge in [-0.15, -0.1) is 0 Å². The summed E-state index contributed by atoms with van der Waals surface area (Å²) in [4.78, 5) is 17.1. The van der Waals surface area contributed by atoms with Crippen LogP contribution in [0.4, 0.5) is 5.69 Å². The third-order valence-corrected chi connectivity index (χ3v) is 4.34. The Labute approximate surface area is 151 Å². The van der Waals surface area contributed by atoms with E-state index in [4.69, 9.17) is 0 Å². The maximum atomic E-state index is 12.7. The summed E-state index contributed by atoms with van der Waals surface area (Å²) in [6.07, 6.45) is 1.76. The Morgan fingerprint density at radius 2 is 1.81 bits per heavy atom. The van der Waals surface area contributed by atoms with Gasteiger partial charge in [0.15, 0.2) is 5.69 Å². The predicted molar refractivity (Wildman–Crippen MR) is 103 cm³/mol. The molecular formula is C21H18N4O. The van der Waals surface area contributed by atoms with Crippen LogP contribution >= 0.6 is 0 Å². The Kier molecular flexibility index (Phi) is 3.97. The number of pyridine rings is 1. The summed E-state index contributed by atoms with van der Waals surface area (Å²) >= 11 is 0. The standard InChI is InChI=1S/C21H18N4O/c1-14-10-11-18(17-9-6-12-22-20(14)17)23-21(26)19-13-15(2)25(24-19)16-7-4-3-5-8-16/h3-13H,1-2H3,(H,23,26). The van der Waals surface area contributed by atoms with Crippen molar-refractivity contribution in [2.75, 3.05) is 5.32 Å². The molecule has 1 amide bonds. The number of nitrogens with zero attached hydrogens (tertiary/aromatic N) is 3. The fourth-order valence-corrected chi connectivity index (χ4v) is 3.03. The Morgan fingerprint density at radius 3 is 2.62 bits per heavy atom. The number of carbonyl (C=O) groups is 1. The van der Waals surface area contributed by atoms with E-state index in [1.54, 1.807) is 16.9 Å². The van der Waals surface area contributed by atoms with Crippen molar-refractivity contribution in [2.24, 2.45) is 0 Å². The van der Waals surface area contributed by atoms with E-state index in [0.29, 0.717) is 5.69 Å². The zero-order valence-corrected chi connectivity index (χ0v) is 14.6. The van der Waals surface area contributed by atoms with Crippen LogP contribution in [-0.2, 0) is 0 Å². The van der Waals surface area contributed by atoms with Crippen LogP contribution in [0.25, 0.3) is 16.6 Å². The smallest absolute Gasteiger partial charge is 0.276 e. The van der Waals surface area contributed by atoms with Gasteiger partial charge in [0.1, 0.15) is 0 Å². The number of aromatic nitrogens is 3. The molecule has 26 heavy (non-hydrogen) atoms. The lowest BCUT2D eigenvalue weighted by molar-refractivity contribution is 0.102. The minimum Gasteiger partial charge on any atom is -0.320 e. The summed E-state index contributed by atoms with van der Waals surface area (Å²) < 4.78 is 1.77. The maximum Gasteiger partial charge on any atom is 0.276 e. The summed E-state index contributed by atoms with van der Waals surface area (Å²) in [5.41, 5.74) is 4.89. The summed E-state index contributed by atoms with van der Waals surface area (Å²) in [6, 6.07) is 19.2. The van der Waals surface area contributed by atoms with Crippen molar-refractivity contribution < 1.29 is 4.79 Å². The van der Waals surface area contributed by atoms with Crippen LogP contribution in [0.3, 0.4) is 0 Å². The number of amides is 1. The van der Waals surface area contributed by atoms with E-state index >= 15 is 0 Å². The van der Waals surface area contributed by atoms with Gasteiger partial charge in [-0.1, -0.05) is 24.3 Å². The van der Waals surface area contributed by atoms with Gasteiger partial charge >= 0.3 is 0 Å². The van der Waals surface area contributed by atoms with Crippen LogP contribution in [0.5, 0.6) is 0 Å². The first-order chi connectivity index (χ1) is 12.6. The Balaban J connectivity index is 1.67. The van der Waals surface area contributed by atoms with Gasteiger partial charge in [0.25, 0.3) is 5.91 Å². The molecule has 4 aromatic rings. The molecule has 4 rings (SSSR count). The van der Waals surface area contributed by atoms with E-state index in [9.17, 15) is 4.79 Å². The highest BCUT2D eigenvalue weighted by Gasteiger charge is 2.15. The summed E-state index contributed by atoms with van der Waals surface area (Å²) in [7, 11) is 0. The second kappa shape index (κ2) is 6.44. The molecule has 0 fully saturated rings. The number of hydrogen-bond donors (Lipinski definition) is 1. The number of anilines is 1. The van der Waals surface area contributed by atoms with Crippen molar-refractivity contribution in [3.8, 4) is 5.69 Å². The van der Waals surface area contributed by atoms with Gasteiger partial charge in [-0.3, -0.25) is 9.78 Å². The fourth-order valence-electron chi connectivity index (χ4n) is 3.03. The van der Waals surface area contributed by atoms with Crippen molar-refractivity contribution in [2.45, 2.75) is 13.8 Å². The first-order valence-electron chi connectivity index (χ1n) is 8.41. The van der Waals surface area contributed by atoms with Gasteiger partial charge < -0.3 is 5.32 Å². The van der Waals surface area contributed by atoms with E-state index in [1.807, 2.05) is 68.4 Å². The van der Waals surface area contributed by atoms with Crippen molar-refractivity contribution in [1.82, 2.24) is 14.8 Å². The number of carbonyl (C=O) groups excluding carboxylic acids is 1. The van der Waals surface area contributed by atoms with Crippen LogP contribution in [0.15, 0.2) is 66.9 Å². The first-order valence-corrected chi connectivity index (χ1v) is 8.41. The molecule has 2 aromatic heterocycles. The predicted octanol–water partition coefficient (Wildman–Crippen LogP) is 4.29. The molecule has 2 aromatic carbocycles. The highest BCUT2D eigenvalue weighted by atomic mass is 16.1. The molecule has 0 atom stereocenters. The van der Waals surface area contributed by atoms with Crippen LogP contribution in [0, 0.1) is 13.8 Å². The number of rotatable bonds is 3. The molecule has 0 bridgehead atoms. The third-order valence-electron chi connectivity index (χ3n) is 4.34. The lowest BCUT2D eigenvalue weighted by Gasteiger charge is -2.09. The van der Waals surface area contributed by atoms with Crippen molar-refractivity contribution in [1.29, 1.82) is 0 Å². The Bertz CT molecular complexity index is 1100. The molecule has 0 aliphatic rings. The summed E-state index contributed by atoms with van der Waals surface area (Å²) in [6.45, 7) is 3.94. The average Bonchev–Trinajstić information content (AvgIpc) is 3.07. The third kappa shape index (κ3) is 2.84. The molecule has 128 valence electrons. The second-order valence-electron chi connectivity index (χ2n) is 6.20. The molecule has 5 nitrogen and oxygen atoms in total.